The van der Waals surface area contributed by atoms with E-state index >= 15 is 0 Å². The number of rotatable bonds is 13. The number of nitrogens with zero attached hydrogens (tertiary/aromatic N) is 2. The highest BCUT2D eigenvalue weighted by molar-refractivity contribution is 7.89. The normalized spacial score (nSPS) is 18.4. The Hall–Kier alpha value is -3.16. The number of hydrogen-bond donors (Lipinski definition) is 4. The number of hydrogen-bond acceptors (Lipinski definition) is 7. The van der Waals surface area contributed by atoms with Crippen LogP contribution in [0.15, 0.2) is 30.5 Å². The number of esters is 1. The number of nitrogens with one attached hydrogen (secondary N) is 3. The molecule has 244 valence electrons. The molecule has 1 aromatic carbocycles. The van der Waals surface area contributed by atoms with Gasteiger partial charge in [-0.2, -0.15) is 4.31 Å². The molecule has 44 heavy (non-hydrogen) atoms. The Labute approximate surface area is 260 Å². The number of carbonyl (C=O) groups is 3. The quantitative estimate of drug-likeness (QED) is 0.195. The number of benzene rings is 1. The lowest BCUT2D eigenvalue weighted by atomic mass is 9.92. The van der Waals surface area contributed by atoms with Gasteiger partial charge in [0.05, 0.1) is 5.75 Å². The molecule has 0 bridgehead atoms. The van der Waals surface area contributed by atoms with Gasteiger partial charge in [0.2, 0.25) is 15.9 Å². The number of amides is 3. The van der Waals surface area contributed by atoms with Gasteiger partial charge in [-0.3, -0.25) is 4.79 Å². The first-order valence-corrected chi connectivity index (χ1v) is 17.2. The van der Waals surface area contributed by atoms with Crippen LogP contribution >= 0.6 is 0 Å². The maximum atomic E-state index is 14.0. The van der Waals surface area contributed by atoms with Gasteiger partial charge >= 0.3 is 12.0 Å². The summed E-state index contributed by atoms with van der Waals surface area (Å²) >= 11 is 0. The first kappa shape index (κ1) is 33.7. The Morgan fingerprint density at radius 2 is 1.75 bits per heavy atom. The van der Waals surface area contributed by atoms with Gasteiger partial charge in [-0.05, 0) is 77.0 Å². The van der Waals surface area contributed by atoms with Crippen molar-refractivity contribution >= 4 is 38.8 Å². The number of piperazine rings is 1. The summed E-state index contributed by atoms with van der Waals surface area (Å²) in [5, 5.41) is 6.70. The SMILES string of the molecule is C[C@@H](c1c[nH]c2ccccc12)[C@@H](NC(=O)N1CCN(S(=O)(=O)CC2CC2)CC1)C(=O)NC(CCCCN)C(=O)OC(C)(C)C. The van der Waals surface area contributed by atoms with E-state index in [9.17, 15) is 22.8 Å². The predicted octanol–water partition coefficient (Wildman–Crippen LogP) is 2.66. The third kappa shape index (κ3) is 8.95. The van der Waals surface area contributed by atoms with Crippen molar-refractivity contribution in [2.45, 2.75) is 83.4 Å². The summed E-state index contributed by atoms with van der Waals surface area (Å²) in [6, 6.07) is 5.30. The molecule has 2 aromatic rings. The molecule has 0 spiro atoms. The molecule has 12 nitrogen and oxygen atoms in total. The van der Waals surface area contributed by atoms with Crippen LogP contribution in [0.2, 0.25) is 0 Å². The van der Waals surface area contributed by atoms with Gasteiger partial charge < -0.3 is 31.0 Å². The summed E-state index contributed by atoms with van der Waals surface area (Å²) in [6.07, 6.45) is 5.37. The van der Waals surface area contributed by atoms with E-state index in [1.165, 1.54) is 9.21 Å². The van der Waals surface area contributed by atoms with Crippen LogP contribution in [0.4, 0.5) is 4.79 Å². The highest BCUT2D eigenvalue weighted by atomic mass is 32.2. The molecular formula is C31H48N6O6S. The summed E-state index contributed by atoms with van der Waals surface area (Å²) in [4.78, 5) is 45.4. The Bertz CT molecular complexity index is 1410. The molecule has 1 aromatic heterocycles. The van der Waals surface area contributed by atoms with E-state index in [0.717, 1.165) is 29.3 Å². The molecule has 2 heterocycles. The largest absolute Gasteiger partial charge is 0.458 e. The smallest absolute Gasteiger partial charge is 0.329 e. The van der Waals surface area contributed by atoms with Crippen LogP contribution in [0.3, 0.4) is 0 Å². The van der Waals surface area contributed by atoms with Crippen LogP contribution in [0.5, 0.6) is 0 Å². The molecular weight excluding hydrogens is 584 g/mol. The Morgan fingerprint density at radius 1 is 1.07 bits per heavy atom. The third-order valence-corrected chi connectivity index (χ3v) is 10.2. The van der Waals surface area contributed by atoms with Crippen LogP contribution in [0, 0.1) is 5.92 Å². The third-order valence-electron chi connectivity index (χ3n) is 8.19. The van der Waals surface area contributed by atoms with Crippen molar-refractivity contribution in [2.24, 2.45) is 11.7 Å². The molecule has 1 aliphatic heterocycles. The number of unbranched alkanes of at least 4 members (excludes halogenated alkanes) is 1. The van der Waals surface area contributed by atoms with Gasteiger partial charge in [0, 0.05) is 49.2 Å². The minimum atomic E-state index is -3.36. The van der Waals surface area contributed by atoms with Crippen molar-refractivity contribution in [1.82, 2.24) is 24.8 Å². The van der Waals surface area contributed by atoms with Crippen LogP contribution in [0.1, 0.15) is 71.3 Å². The van der Waals surface area contributed by atoms with Crippen molar-refractivity contribution in [3.8, 4) is 0 Å². The minimum Gasteiger partial charge on any atom is -0.458 e. The molecule has 1 saturated carbocycles. The summed E-state index contributed by atoms with van der Waals surface area (Å²) in [5.74, 6) is -1.13. The zero-order valence-corrected chi connectivity index (χ0v) is 27.1. The van der Waals surface area contributed by atoms with Crippen LogP contribution in [-0.4, -0.2) is 96.7 Å². The molecule has 1 aliphatic carbocycles. The van der Waals surface area contributed by atoms with E-state index in [0.29, 0.717) is 25.8 Å². The number of ether oxygens (including phenoxy) is 1. The maximum Gasteiger partial charge on any atom is 0.329 e. The fourth-order valence-electron chi connectivity index (χ4n) is 5.53. The van der Waals surface area contributed by atoms with E-state index in [2.05, 4.69) is 15.6 Å². The zero-order valence-electron chi connectivity index (χ0n) is 26.3. The van der Waals surface area contributed by atoms with Crippen molar-refractivity contribution in [3.63, 3.8) is 0 Å². The minimum absolute atomic E-state index is 0.160. The number of aromatic nitrogens is 1. The number of fused-ring (bicyclic) bond motifs is 1. The zero-order chi connectivity index (χ0) is 32.1. The number of urea groups is 1. The molecule has 0 radical (unpaired) electrons. The molecule has 1 unspecified atom stereocenters. The number of carbonyl (C=O) groups excluding carboxylic acids is 3. The van der Waals surface area contributed by atoms with Gasteiger partial charge in [0.1, 0.15) is 17.7 Å². The molecule has 13 heteroatoms. The van der Waals surface area contributed by atoms with E-state index in [1.54, 1.807) is 20.8 Å². The molecule has 2 fully saturated rings. The van der Waals surface area contributed by atoms with Gasteiger partial charge in [-0.1, -0.05) is 25.1 Å². The van der Waals surface area contributed by atoms with E-state index in [-0.39, 0.29) is 37.8 Å². The van der Waals surface area contributed by atoms with Gasteiger partial charge in [0.15, 0.2) is 0 Å². The fraction of sp³-hybridized carbons (Fsp3) is 0.645. The summed E-state index contributed by atoms with van der Waals surface area (Å²) < 4.78 is 32.6. The molecule has 3 atom stereocenters. The standard InChI is InChI=1S/C31H48N6O6S/c1-21(24-19-33-25-10-6-5-9-23(24)25)27(28(38)34-26(11-7-8-14-32)29(39)43-31(2,3)4)35-30(40)36-15-17-37(18-16-36)44(41,42)20-22-12-13-22/h5-6,9-10,19,21-22,26-27,33H,7-8,11-18,20,32H2,1-4H3,(H,34,38)(H,35,40)/t21-,26?,27+/m0/s1. The van der Waals surface area contributed by atoms with Gasteiger partial charge in [0.25, 0.3) is 0 Å². The van der Waals surface area contributed by atoms with Crippen LogP contribution in [-0.2, 0) is 24.3 Å². The summed E-state index contributed by atoms with van der Waals surface area (Å²) in [6.45, 7) is 8.46. The molecule has 4 rings (SSSR count). The van der Waals surface area contributed by atoms with Crippen LogP contribution < -0.4 is 16.4 Å². The van der Waals surface area contributed by atoms with E-state index < -0.39 is 51.5 Å². The lowest BCUT2D eigenvalue weighted by Crippen LogP contribution is -2.59. The van der Waals surface area contributed by atoms with Crippen molar-refractivity contribution in [2.75, 3.05) is 38.5 Å². The van der Waals surface area contributed by atoms with E-state index in [1.807, 2.05) is 37.4 Å². The fourth-order valence-corrected chi connectivity index (χ4v) is 7.38. The second kappa shape index (κ2) is 14.3. The number of para-hydroxylation sites is 1. The molecule has 1 saturated heterocycles. The Kier molecular flexibility index (Phi) is 11.0. The topological polar surface area (TPSA) is 167 Å². The monoisotopic (exact) mass is 632 g/mol. The van der Waals surface area contributed by atoms with Crippen molar-refractivity contribution in [3.05, 3.63) is 36.0 Å². The summed E-state index contributed by atoms with van der Waals surface area (Å²) in [7, 11) is -3.36. The Balaban J connectivity index is 1.52. The molecule has 3 amide bonds. The van der Waals surface area contributed by atoms with Gasteiger partial charge in [-0.25, -0.2) is 18.0 Å². The highest BCUT2D eigenvalue weighted by Crippen LogP contribution is 2.31. The average molecular weight is 633 g/mol. The van der Waals surface area contributed by atoms with Crippen LogP contribution in [0.25, 0.3) is 10.9 Å². The molecule has 2 aliphatic rings. The second-order valence-electron chi connectivity index (χ2n) is 13.0. The summed E-state index contributed by atoms with van der Waals surface area (Å²) in [5.41, 5.74) is 6.67. The van der Waals surface area contributed by atoms with Gasteiger partial charge in [-0.15, -0.1) is 0 Å². The maximum absolute atomic E-state index is 14.0. The number of aromatic amines is 1. The first-order chi connectivity index (χ1) is 20.8. The predicted molar refractivity (Wildman–Crippen MR) is 169 cm³/mol. The van der Waals surface area contributed by atoms with Crippen molar-refractivity contribution < 1.29 is 27.5 Å². The van der Waals surface area contributed by atoms with Crippen molar-refractivity contribution in [1.29, 1.82) is 0 Å². The second-order valence-corrected chi connectivity index (χ2v) is 15.0. The number of H-pyrrole nitrogens is 1. The highest BCUT2D eigenvalue weighted by Gasteiger charge is 2.37. The lowest BCUT2D eigenvalue weighted by molar-refractivity contribution is -0.159. The Morgan fingerprint density at radius 3 is 2.39 bits per heavy atom. The lowest BCUT2D eigenvalue weighted by Gasteiger charge is -2.35. The van der Waals surface area contributed by atoms with E-state index in [4.69, 9.17) is 10.5 Å². The average Bonchev–Trinajstić information content (AvgIpc) is 3.67. The number of sulfonamides is 1. The first-order valence-electron chi connectivity index (χ1n) is 15.6. The number of nitrogens with two attached hydrogens (primary N) is 1. The molecule has 5 N–H and O–H groups in total.